The number of hydrogen-bond acceptors (Lipinski definition) is 8. The lowest BCUT2D eigenvalue weighted by Gasteiger charge is -2.19. The Morgan fingerprint density at radius 3 is 1.91 bits per heavy atom. The van der Waals surface area contributed by atoms with Crippen molar-refractivity contribution in [2.75, 3.05) is 26.4 Å². The molecule has 0 spiro atoms. The third-order valence-corrected chi connectivity index (χ3v) is 7.21. The van der Waals surface area contributed by atoms with E-state index in [-0.39, 0.29) is 32.6 Å². The minimum atomic E-state index is -4.37. The predicted octanol–water partition coefficient (Wildman–Crippen LogP) is 8.04. The zero-order chi connectivity index (χ0) is 31.9. The summed E-state index contributed by atoms with van der Waals surface area (Å²) in [6, 6.07) is 0. The number of unbranched alkanes of at least 4 members (excludes halogenated alkanes) is 8. The van der Waals surface area contributed by atoms with E-state index in [1.54, 1.807) is 0 Å². The number of ether oxygens (including phenoxy) is 2. The molecule has 0 heterocycles. The first kappa shape index (κ1) is 41.0. The van der Waals surface area contributed by atoms with Crippen LogP contribution < -0.4 is 5.73 Å². The lowest BCUT2D eigenvalue weighted by Crippen LogP contribution is -2.29. The third-order valence-electron chi connectivity index (χ3n) is 6.23. The van der Waals surface area contributed by atoms with Gasteiger partial charge in [-0.1, -0.05) is 101 Å². The molecule has 0 rings (SSSR count). The molecule has 0 aromatic heterocycles. The number of esters is 2. The number of nitrogens with two attached hydrogens (primary N) is 1. The van der Waals surface area contributed by atoms with Crippen molar-refractivity contribution in [3.05, 3.63) is 48.6 Å². The number of phosphoric ester groups is 1. The highest BCUT2D eigenvalue weighted by Crippen LogP contribution is 2.43. The molecule has 0 saturated carbocycles. The van der Waals surface area contributed by atoms with Crippen molar-refractivity contribution < 1.29 is 37.6 Å². The van der Waals surface area contributed by atoms with E-state index in [1.165, 1.54) is 19.3 Å². The van der Waals surface area contributed by atoms with E-state index in [4.69, 9.17) is 24.3 Å². The maximum Gasteiger partial charge on any atom is 0.472 e. The second-order valence-corrected chi connectivity index (χ2v) is 11.8. The van der Waals surface area contributed by atoms with Gasteiger partial charge in [-0.05, 0) is 51.4 Å². The van der Waals surface area contributed by atoms with Gasteiger partial charge in [0, 0.05) is 19.4 Å². The Kier molecular flexibility index (Phi) is 28.6. The average Bonchev–Trinajstić information content (AvgIpc) is 2.99. The SMILES string of the molecule is CC/C=C\C/C=C\C/C=C\C/C=C\CCCCC(=O)OC(COC(=O)CCCCCCCCC)COP(=O)(O)OCCN. The van der Waals surface area contributed by atoms with Crippen molar-refractivity contribution in [1.82, 2.24) is 0 Å². The zero-order valence-corrected chi connectivity index (χ0v) is 27.6. The molecule has 0 saturated heterocycles. The van der Waals surface area contributed by atoms with Gasteiger partial charge in [0.1, 0.15) is 6.61 Å². The van der Waals surface area contributed by atoms with E-state index < -0.39 is 32.5 Å². The lowest BCUT2D eigenvalue weighted by molar-refractivity contribution is -0.161. The molecule has 0 fully saturated rings. The van der Waals surface area contributed by atoms with Crippen LogP contribution in [0, 0.1) is 0 Å². The number of carbonyl (C=O) groups excluding carboxylic acids is 2. The van der Waals surface area contributed by atoms with Gasteiger partial charge < -0.3 is 20.1 Å². The molecular weight excluding hydrogens is 569 g/mol. The Balaban J connectivity index is 4.39. The third kappa shape index (κ3) is 29.8. The number of rotatable bonds is 29. The summed E-state index contributed by atoms with van der Waals surface area (Å²) >= 11 is 0. The molecule has 0 aliphatic rings. The molecule has 3 N–H and O–H groups in total. The Hall–Kier alpha value is -2.03. The minimum absolute atomic E-state index is 0.0451. The monoisotopic (exact) mass is 627 g/mol. The van der Waals surface area contributed by atoms with Gasteiger partial charge in [0.2, 0.25) is 0 Å². The van der Waals surface area contributed by atoms with Crippen LogP contribution in [0.5, 0.6) is 0 Å². The molecule has 0 aliphatic heterocycles. The van der Waals surface area contributed by atoms with Crippen LogP contribution in [0.2, 0.25) is 0 Å². The standard InChI is InChI=1S/C33H58NO8P/c1-3-5-7-9-11-12-13-14-15-16-17-18-20-22-24-26-33(36)42-31(30-41-43(37,38)40-28-27-34)29-39-32(35)25-23-21-19-10-8-6-4-2/h5,7,11-12,14-15,17-18,31H,3-4,6,8-10,13,16,19-30,34H2,1-2H3,(H,37,38)/b7-5-,12-11-,15-14-,18-17-. The fourth-order valence-corrected chi connectivity index (χ4v) is 4.62. The first-order valence-corrected chi connectivity index (χ1v) is 17.6. The fraction of sp³-hybridized carbons (Fsp3) is 0.697. The van der Waals surface area contributed by atoms with Crippen LogP contribution in [-0.4, -0.2) is 49.3 Å². The molecule has 0 aromatic carbocycles. The molecule has 0 aliphatic carbocycles. The van der Waals surface area contributed by atoms with E-state index in [2.05, 4.69) is 62.5 Å². The summed E-state index contributed by atoms with van der Waals surface area (Å²) in [5.74, 6) is -0.892. The largest absolute Gasteiger partial charge is 0.472 e. The molecule has 0 amide bonds. The van der Waals surface area contributed by atoms with Crippen LogP contribution in [0.1, 0.15) is 117 Å². The summed E-state index contributed by atoms with van der Waals surface area (Å²) in [6.45, 7) is 3.47. The van der Waals surface area contributed by atoms with Crippen molar-refractivity contribution in [2.24, 2.45) is 5.73 Å². The van der Waals surface area contributed by atoms with Crippen LogP contribution >= 0.6 is 7.82 Å². The summed E-state index contributed by atoms with van der Waals surface area (Å²) in [5, 5.41) is 0. The summed E-state index contributed by atoms with van der Waals surface area (Å²) in [6.07, 6.45) is 30.3. The zero-order valence-electron chi connectivity index (χ0n) is 26.7. The van der Waals surface area contributed by atoms with E-state index in [1.807, 2.05) is 0 Å². The average molecular weight is 628 g/mol. The van der Waals surface area contributed by atoms with E-state index in [0.29, 0.717) is 6.42 Å². The van der Waals surface area contributed by atoms with Crippen molar-refractivity contribution >= 4 is 19.8 Å². The van der Waals surface area contributed by atoms with Crippen molar-refractivity contribution in [3.63, 3.8) is 0 Å². The highest BCUT2D eigenvalue weighted by molar-refractivity contribution is 7.47. The van der Waals surface area contributed by atoms with Crippen LogP contribution in [0.15, 0.2) is 48.6 Å². The molecular formula is C33H58NO8P. The summed E-state index contributed by atoms with van der Waals surface area (Å²) < 4.78 is 32.3. The van der Waals surface area contributed by atoms with Gasteiger partial charge in [-0.3, -0.25) is 18.6 Å². The molecule has 2 atom stereocenters. The number of allylic oxidation sites excluding steroid dienone is 8. The normalized spacial score (nSPS) is 14.2. The smallest absolute Gasteiger partial charge is 0.462 e. The summed E-state index contributed by atoms with van der Waals surface area (Å²) in [5.41, 5.74) is 5.30. The molecule has 0 bridgehead atoms. The molecule has 2 unspecified atom stereocenters. The minimum Gasteiger partial charge on any atom is -0.462 e. The number of hydrogen-bond donors (Lipinski definition) is 2. The van der Waals surface area contributed by atoms with Gasteiger partial charge in [-0.15, -0.1) is 0 Å². The Morgan fingerprint density at radius 2 is 1.28 bits per heavy atom. The molecule has 43 heavy (non-hydrogen) atoms. The van der Waals surface area contributed by atoms with Crippen LogP contribution in [-0.2, 0) is 32.7 Å². The van der Waals surface area contributed by atoms with Gasteiger partial charge in [0.05, 0.1) is 13.2 Å². The van der Waals surface area contributed by atoms with Crippen molar-refractivity contribution in [2.45, 2.75) is 123 Å². The highest BCUT2D eigenvalue weighted by Gasteiger charge is 2.25. The topological polar surface area (TPSA) is 134 Å². The summed E-state index contributed by atoms with van der Waals surface area (Å²) in [7, 11) is -4.37. The summed E-state index contributed by atoms with van der Waals surface area (Å²) in [4.78, 5) is 34.4. The second kappa shape index (κ2) is 30.0. The number of phosphoric acid groups is 1. The number of carbonyl (C=O) groups is 2. The maximum atomic E-state index is 12.4. The van der Waals surface area contributed by atoms with E-state index >= 15 is 0 Å². The maximum absolute atomic E-state index is 12.4. The second-order valence-electron chi connectivity index (χ2n) is 10.3. The molecule has 9 nitrogen and oxygen atoms in total. The molecule has 0 aromatic rings. The van der Waals surface area contributed by atoms with Gasteiger partial charge in [-0.25, -0.2) is 4.57 Å². The van der Waals surface area contributed by atoms with Gasteiger partial charge in [0.25, 0.3) is 0 Å². The van der Waals surface area contributed by atoms with E-state index in [0.717, 1.165) is 64.2 Å². The van der Waals surface area contributed by atoms with Crippen LogP contribution in [0.4, 0.5) is 0 Å². The Morgan fingerprint density at radius 1 is 0.721 bits per heavy atom. The van der Waals surface area contributed by atoms with Crippen molar-refractivity contribution in [1.29, 1.82) is 0 Å². The van der Waals surface area contributed by atoms with Crippen LogP contribution in [0.25, 0.3) is 0 Å². The Bertz CT molecular complexity index is 856. The van der Waals surface area contributed by atoms with Crippen molar-refractivity contribution in [3.8, 4) is 0 Å². The van der Waals surface area contributed by atoms with Gasteiger partial charge in [-0.2, -0.15) is 0 Å². The van der Waals surface area contributed by atoms with Gasteiger partial charge >= 0.3 is 19.8 Å². The van der Waals surface area contributed by atoms with E-state index in [9.17, 15) is 19.0 Å². The first-order chi connectivity index (χ1) is 20.8. The molecule has 10 heteroatoms. The quantitative estimate of drug-likeness (QED) is 0.0366. The molecule has 0 radical (unpaired) electrons. The highest BCUT2D eigenvalue weighted by atomic mass is 31.2. The Labute approximate surface area is 260 Å². The molecule has 248 valence electrons. The lowest BCUT2D eigenvalue weighted by atomic mass is 10.1. The van der Waals surface area contributed by atoms with Gasteiger partial charge in [0.15, 0.2) is 6.10 Å². The predicted molar refractivity (Wildman–Crippen MR) is 173 cm³/mol. The van der Waals surface area contributed by atoms with Crippen LogP contribution in [0.3, 0.4) is 0 Å². The fourth-order valence-electron chi connectivity index (χ4n) is 3.86. The first-order valence-electron chi connectivity index (χ1n) is 16.1.